The van der Waals surface area contributed by atoms with Crippen molar-refractivity contribution in [1.82, 2.24) is 10.6 Å². The number of nitrogens with zero attached hydrogens (tertiary/aromatic N) is 1. The Balaban J connectivity index is 0.00000242. The summed E-state index contributed by atoms with van der Waals surface area (Å²) in [7, 11) is 1.90. The van der Waals surface area contributed by atoms with E-state index in [1.807, 2.05) is 19.2 Å². The Labute approximate surface area is 151 Å². The highest BCUT2D eigenvalue weighted by Crippen LogP contribution is 2.21. The van der Waals surface area contributed by atoms with E-state index in [-0.39, 0.29) is 30.7 Å². The van der Waals surface area contributed by atoms with Crippen molar-refractivity contribution >= 4 is 36.4 Å². The van der Waals surface area contributed by atoms with Crippen LogP contribution in [0.2, 0.25) is 0 Å². The van der Waals surface area contributed by atoms with Gasteiger partial charge in [-0.25, -0.2) is 0 Å². The van der Waals surface area contributed by atoms with Crippen LogP contribution in [0.15, 0.2) is 24.3 Å². The van der Waals surface area contributed by atoms with Gasteiger partial charge >= 0.3 is 0 Å². The first-order valence-electron chi connectivity index (χ1n) is 7.63. The molecule has 1 aliphatic heterocycles. The summed E-state index contributed by atoms with van der Waals surface area (Å²) in [6.07, 6.45) is 1.44. The highest BCUT2D eigenvalue weighted by atomic mass is 35.5. The van der Waals surface area contributed by atoms with Crippen molar-refractivity contribution in [2.75, 3.05) is 44.8 Å². The first kappa shape index (κ1) is 22.0. The van der Waals surface area contributed by atoms with Gasteiger partial charge in [-0.1, -0.05) is 18.2 Å². The quantitative estimate of drug-likeness (QED) is 0.727. The van der Waals surface area contributed by atoms with Crippen LogP contribution in [0.4, 0.5) is 5.69 Å². The SMILES string of the molecule is CNCCCC(=O)NCc1ccccc1N1CCOCC1.Cl.Cl. The number of anilines is 1. The second-order valence-electron chi connectivity index (χ2n) is 5.21. The summed E-state index contributed by atoms with van der Waals surface area (Å²) in [6, 6.07) is 8.27. The zero-order valence-electron chi connectivity index (χ0n) is 13.5. The molecule has 1 amide bonds. The van der Waals surface area contributed by atoms with Crippen LogP contribution in [0.1, 0.15) is 18.4 Å². The lowest BCUT2D eigenvalue weighted by Crippen LogP contribution is -2.37. The van der Waals surface area contributed by atoms with E-state index in [2.05, 4.69) is 27.7 Å². The van der Waals surface area contributed by atoms with Crippen LogP contribution in [-0.4, -0.2) is 45.8 Å². The molecule has 0 bridgehead atoms. The molecule has 1 saturated heterocycles. The van der Waals surface area contributed by atoms with Crippen LogP contribution in [0.25, 0.3) is 0 Å². The van der Waals surface area contributed by atoms with E-state index in [0.29, 0.717) is 13.0 Å². The maximum absolute atomic E-state index is 11.8. The molecule has 5 nitrogen and oxygen atoms in total. The van der Waals surface area contributed by atoms with E-state index >= 15 is 0 Å². The van der Waals surface area contributed by atoms with Gasteiger partial charge in [0, 0.05) is 31.7 Å². The van der Waals surface area contributed by atoms with E-state index in [4.69, 9.17) is 4.74 Å². The molecule has 0 aliphatic carbocycles. The molecule has 0 radical (unpaired) electrons. The van der Waals surface area contributed by atoms with Gasteiger partial charge < -0.3 is 20.3 Å². The van der Waals surface area contributed by atoms with Crippen LogP contribution >= 0.6 is 24.8 Å². The Morgan fingerprint density at radius 2 is 1.91 bits per heavy atom. The average molecular weight is 364 g/mol. The van der Waals surface area contributed by atoms with Crippen LogP contribution in [-0.2, 0) is 16.1 Å². The minimum Gasteiger partial charge on any atom is -0.378 e. The van der Waals surface area contributed by atoms with Crippen LogP contribution in [0.3, 0.4) is 0 Å². The van der Waals surface area contributed by atoms with Crippen molar-refractivity contribution in [2.24, 2.45) is 0 Å². The summed E-state index contributed by atoms with van der Waals surface area (Å²) in [5, 5.41) is 6.06. The number of nitrogens with one attached hydrogen (secondary N) is 2. The number of morpholine rings is 1. The van der Waals surface area contributed by atoms with Crippen molar-refractivity contribution in [3.63, 3.8) is 0 Å². The maximum Gasteiger partial charge on any atom is 0.220 e. The first-order chi connectivity index (χ1) is 10.3. The van der Waals surface area contributed by atoms with Gasteiger partial charge in [0.25, 0.3) is 0 Å². The molecule has 2 N–H and O–H groups in total. The fourth-order valence-corrected chi connectivity index (χ4v) is 2.48. The van der Waals surface area contributed by atoms with Crippen LogP contribution in [0.5, 0.6) is 0 Å². The lowest BCUT2D eigenvalue weighted by atomic mass is 10.1. The molecular formula is C16H27Cl2N3O2. The molecule has 0 atom stereocenters. The molecule has 1 aliphatic rings. The number of halogens is 2. The Hall–Kier alpha value is -1.01. The molecule has 7 heteroatoms. The van der Waals surface area contributed by atoms with Gasteiger partial charge in [-0.2, -0.15) is 0 Å². The van der Waals surface area contributed by atoms with Crippen LogP contribution < -0.4 is 15.5 Å². The average Bonchev–Trinajstić information content (AvgIpc) is 2.54. The number of amides is 1. The number of hydrogen-bond acceptors (Lipinski definition) is 4. The molecule has 1 fully saturated rings. The lowest BCUT2D eigenvalue weighted by Gasteiger charge is -2.30. The monoisotopic (exact) mass is 363 g/mol. The number of hydrogen-bond donors (Lipinski definition) is 2. The summed E-state index contributed by atoms with van der Waals surface area (Å²) in [6.45, 7) is 4.82. The smallest absolute Gasteiger partial charge is 0.220 e. The number of benzene rings is 1. The molecule has 0 unspecified atom stereocenters. The highest BCUT2D eigenvalue weighted by molar-refractivity contribution is 5.85. The maximum atomic E-state index is 11.8. The second kappa shape index (κ2) is 12.4. The second-order valence-corrected chi connectivity index (χ2v) is 5.21. The van der Waals surface area contributed by atoms with E-state index in [9.17, 15) is 4.79 Å². The number of carbonyl (C=O) groups is 1. The molecule has 1 aromatic carbocycles. The van der Waals surface area contributed by atoms with Crippen molar-refractivity contribution in [3.05, 3.63) is 29.8 Å². The Morgan fingerprint density at radius 3 is 2.61 bits per heavy atom. The minimum absolute atomic E-state index is 0. The predicted octanol–water partition coefficient (Wildman–Crippen LogP) is 1.98. The zero-order chi connectivity index (χ0) is 14.9. The third-order valence-corrected chi connectivity index (χ3v) is 3.65. The molecule has 0 saturated carbocycles. The first-order valence-corrected chi connectivity index (χ1v) is 7.63. The summed E-state index contributed by atoms with van der Waals surface area (Å²) < 4.78 is 5.40. The van der Waals surface area contributed by atoms with E-state index in [0.717, 1.165) is 39.3 Å². The third kappa shape index (κ3) is 7.40. The Bertz CT molecular complexity index is 455. The van der Waals surface area contributed by atoms with Crippen LogP contribution in [0, 0.1) is 0 Å². The molecule has 2 rings (SSSR count). The fraction of sp³-hybridized carbons (Fsp3) is 0.562. The minimum atomic E-state index is 0. The summed E-state index contributed by atoms with van der Waals surface area (Å²) in [5.74, 6) is 0.113. The normalized spacial score (nSPS) is 13.7. The standard InChI is InChI=1S/C16H25N3O2.2ClH/c1-17-8-4-7-16(20)18-13-14-5-2-3-6-15(14)19-9-11-21-12-10-19;;/h2-3,5-6,17H,4,7-13H2,1H3,(H,18,20);2*1H. The third-order valence-electron chi connectivity index (χ3n) is 3.65. The molecule has 1 aromatic rings. The molecule has 132 valence electrons. The van der Waals surface area contributed by atoms with E-state index in [1.54, 1.807) is 0 Å². The molecular weight excluding hydrogens is 337 g/mol. The largest absolute Gasteiger partial charge is 0.378 e. The van der Waals surface area contributed by atoms with E-state index < -0.39 is 0 Å². The molecule has 1 heterocycles. The summed E-state index contributed by atoms with van der Waals surface area (Å²) in [4.78, 5) is 14.1. The number of rotatable bonds is 7. The van der Waals surface area contributed by atoms with Gasteiger partial charge in [0.15, 0.2) is 0 Å². The van der Waals surface area contributed by atoms with Gasteiger partial charge in [-0.15, -0.1) is 24.8 Å². The Kier molecular flexibility index (Phi) is 11.9. The molecule has 0 aromatic heterocycles. The van der Waals surface area contributed by atoms with Gasteiger partial charge in [0.2, 0.25) is 5.91 Å². The fourth-order valence-electron chi connectivity index (χ4n) is 2.48. The van der Waals surface area contributed by atoms with Gasteiger partial charge in [-0.3, -0.25) is 4.79 Å². The molecule has 23 heavy (non-hydrogen) atoms. The van der Waals surface area contributed by atoms with E-state index in [1.165, 1.54) is 11.3 Å². The number of ether oxygens (including phenoxy) is 1. The topological polar surface area (TPSA) is 53.6 Å². The summed E-state index contributed by atoms with van der Waals surface area (Å²) in [5.41, 5.74) is 2.37. The van der Waals surface area contributed by atoms with Crippen molar-refractivity contribution in [2.45, 2.75) is 19.4 Å². The number of para-hydroxylation sites is 1. The zero-order valence-corrected chi connectivity index (χ0v) is 15.2. The van der Waals surface area contributed by atoms with Crippen molar-refractivity contribution in [1.29, 1.82) is 0 Å². The number of carbonyl (C=O) groups excluding carboxylic acids is 1. The van der Waals surface area contributed by atoms with Crippen molar-refractivity contribution in [3.8, 4) is 0 Å². The summed E-state index contributed by atoms with van der Waals surface area (Å²) >= 11 is 0. The van der Waals surface area contributed by atoms with Gasteiger partial charge in [0.1, 0.15) is 0 Å². The van der Waals surface area contributed by atoms with Gasteiger partial charge in [0.05, 0.1) is 13.2 Å². The highest BCUT2D eigenvalue weighted by Gasteiger charge is 2.14. The van der Waals surface area contributed by atoms with Gasteiger partial charge in [-0.05, 0) is 31.6 Å². The Morgan fingerprint density at radius 1 is 1.22 bits per heavy atom. The van der Waals surface area contributed by atoms with Crippen molar-refractivity contribution < 1.29 is 9.53 Å². The predicted molar refractivity (Wildman–Crippen MR) is 99.0 cm³/mol. The lowest BCUT2D eigenvalue weighted by molar-refractivity contribution is -0.121. The molecule has 0 spiro atoms.